The Bertz CT molecular complexity index is 543. The first-order valence-electron chi connectivity index (χ1n) is 5.92. The molecule has 0 saturated carbocycles. The molecule has 0 saturated heterocycles. The quantitative estimate of drug-likeness (QED) is 0.850. The van der Waals surface area contributed by atoms with Crippen molar-refractivity contribution in [1.29, 1.82) is 0 Å². The molecule has 0 spiro atoms. The van der Waals surface area contributed by atoms with E-state index < -0.39 is 0 Å². The van der Waals surface area contributed by atoms with Gasteiger partial charge in [-0.15, -0.1) is 11.6 Å². The molecule has 0 heterocycles. The minimum atomic E-state index is -0.184. The van der Waals surface area contributed by atoms with Crippen LogP contribution in [-0.4, -0.2) is 11.8 Å². The molecule has 2 aromatic carbocycles. The monoisotopic (exact) mass is 275 g/mol. The molecular formula is C15H14ClNO2. The first-order chi connectivity index (χ1) is 9.28. The number of carbonyl (C=O) groups excluding carboxylic acids is 1. The van der Waals surface area contributed by atoms with Gasteiger partial charge in [0.25, 0.3) is 0 Å². The fraction of sp³-hybridized carbons (Fsp3) is 0.133. The zero-order chi connectivity index (χ0) is 13.5. The number of alkyl halides is 1. The van der Waals surface area contributed by atoms with Gasteiger partial charge in [-0.3, -0.25) is 4.79 Å². The van der Waals surface area contributed by atoms with Crippen molar-refractivity contribution in [3.05, 3.63) is 60.2 Å². The molecule has 2 rings (SSSR count). The van der Waals surface area contributed by atoms with Gasteiger partial charge in [0.2, 0.25) is 5.91 Å². The summed E-state index contributed by atoms with van der Waals surface area (Å²) < 4.78 is 5.71. The van der Waals surface area contributed by atoms with Crippen molar-refractivity contribution in [3.63, 3.8) is 0 Å². The highest BCUT2D eigenvalue weighted by atomic mass is 35.5. The Balaban J connectivity index is 2.01. The van der Waals surface area contributed by atoms with Gasteiger partial charge in [0, 0.05) is 6.54 Å². The molecule has 0 aromatic heterocycles. The minimum Gasteiger partial charge on any atom is -0.457 e. The van der Waals surface area contributed by atoms with E-state index in [1.165, 1.54) is 0 Å². The Labute approximate surface area is 117 Å². The lowest BCUT2D eigenvalue weighted by Crippen LogP contribution is -2.23. The Morgan fingerprint density at radius 1 is 1.05 bits per heavy atom. The number of rotatable bonds is 5. The van der Waals surface area contributed by atoms with Crippen LogP contribution in [0.1, 0.15) is 5.56 Å². The average Bonchev–Trinajstić information content (AvgIpc) is 2.46. The van der Waals surface area contributed by atoms with Crippen LogP contribution in [0.4, 0.5) is 0 Å². The summed E-state index contributed by atoms with van der Waals surface area (Å²) in [5.41, 5.74) is 0.965. The van der Waals surface area contributed by atoms with E-state index in [9.17, 15) is 4.79 Å². The number of nitrogens with one attached hydrogen (secondary N) is 1. The summed E-state index contributed by atoms with van der Waals surface area (Å²) in [4.78, 5) is 11.1. The predicted octanol–water partition coefficient (Wildman–Crippen LogP) is 3.33. The van der Waals surface area contributed by atoms with E-state index in [2.05, 4.69) is 5.32 Å². The van der Waals surface area contributed by atoms with E-state index in [-0.39, 0.29) is 11.8 Å². The summed E-state index contributed by atoms with van der Waals surface area (Å²) in [6.07, 6.45) is 0. The lowest BCUT2D eigenvalue weighted by Gasteiger charge is -2.08. The van der Waals surface area contributed by atoms with E-state index in [0.29, 0.717) is 6.54 Å². The van der Waals surface area contributed by atoms with Crippen molar-refractivity contribution in [2.45, 2.75) is 6.54 Å². The van der Waals surface area contributed by atoms with Crippen molar-refractivity contribution in [1.82, 2.24) is 5.32 Å². The first-order valence-corrected chi connectivity index (χ1v) is 6.46. The molecule has 3 nitrogen and oxygen atoms in total. The van der Waals surface area contributed by atoms with Crippen LogP contribution >= 0.6 is 11.6 Å². The maximum Gasteiger partial charge on any atom is 0.235 e. The van der Waals surface area contributed by atoms with Crippen LogP contribution in [0.25, 0.3) is 0 Å². The van der Waals surface area contributed by atoms with Crippen molar-refractivity contribution in [2.75, 3.05) is 5.88 Å². The Morgan fingerprint density at radius 3 is 2.53 bits per heavy atom. The van der Waals surface area contributed by atoms with Gasteiger partial charge in [-0.05, 0) is 29.8 Å². The highest BCUT2D eigenvalue weighted by Gasteiger charge is 2.01. The number of carbonyl (C=O) groups is 1. The van der Waals surface area contributed by atoms with Gasteiger partial charge in [0.15, 0.2) is 0 Å². The molecule has 1 amide bonds. The summed E-state index contributed by atoms with van der Waals surface area (Å²) in [7, 11) is 0. The van der Waals surface area contributed by atoms with Gasteiger partial charge >= 0.3 is 0 Å². The van der Waals surface area contributed by atoms with E-state index >= 15 is 0 Å². The Kier molecular flexibility index (Phi) is 4.81. The topological polar surface area (TPSA) is 38.3 Å². The summed E-state index contributed by atoms with van der Waals surface area (Å²) >= 11 is 5.42. The van der Waals surface area contributed by atoms with Crippen LogP contribution in [0.15, 0.2) is 54.6 Å². The molecule has 0 atom stereocenters. The van der Waals surface area contributed by atoms with Crippen LogP contribution in [0.5, 0.6) is 11.5 Å². The highest BCUT2D eigenvalue weighted by Crippen LogP contribution is 2.21. The summed E-state index contributed by atoms with van der Waals surface area (Å²) in [6, 6.07) is 17.1. The van der Waals surface area contributed by atoms with Crippen LogP contribution in [-0.2, 0) is 11.3 Å². The average molecular weight is 276 g/mol. The number of para-hydroxylation sites is 1. The highest BCUT2D eigenvalue weighted by molar-refractivity contribution is 6.27. The fourth-order valence-electron chi connectivity index (χ4n) is 1.59. The second kappa shape index (κ2) is 6.81. The number of hydrogen-bond donors (Lipinski definition) is 1. The number of ether oxygens (including phenoxy) is 1. The molecular weight excluding hydrogens is 262 g/mol. The van der Waals surface area contributed by atoms with Crippen molar-refractivity contribution < 1.29 is 9.53 Å². The zero-order valence-electron chi connectivity index (χ0n) is 10.3. The largest absolute Gasteiger partial charge is 0.457 e. The minimum absolute atomic E-state index is 0.0276. The Hall–Kier alpha value is -2.00. The molecule has 19 heavy (non-hydrogen) atoms. The van der Waals surface area contributed by atoms with Gasteiger partial charge in [-0.1, -0.05) is 30.3 Å². The zero-order valence-corrected chi connectivity index (χ0v) is 11.1. The van der Waals surface area contributed by atoms with Crippen LogP contribution in [0.3, 0.4) is 0 Å². The third-order valence-corrected chi connectivity index (χ3v) is 2.73. The maximum absolute atomic E-state index is 11.1. The lowest BCUT2D eigenvalue weighted by molar-refractivity contribution is -0.118. The van der Waals surface area contributed by atoms with Crippen LogP contribution < -0.4 is 10.1 Å². The molecule has 0 aliphatic carbocycles. The molecule has 0 fully saturated rings. The van der Waals surface area contributed by atoms with Gasteiger partial charge in [-0.25, -0.2) is 0 Å². The van der Waals surface area contributed by atoms with Gasteiger partial charge in [0.1, 0.15) is 17.4 Å². The summed E-state index contributed by atoms with van der Waals surface area (Å²) in [5, 5.41) is 2.71. The normalized spacial score (nSPS) is 9.95. The smallest absolute Gasteiger partial charge is 0.235 e. The summed E-state index contributed by atoms with van der Waals surface area (Å²) in [5.74, 6) is 1.31. The molecule has 98 valence electrons. The van der Waals surface area contributed by atoms with E-state index in [0.717, 1.165) is 17.1 Å². The molecule has 0 aliphatic heterocycles. The molecule has 0 radical (unpaired) electrons. The number of amides is 1. The van der Waals surface area contributed by atoms with E-state index in [1.807, 2.05) is 54.6 Å². The van der Waals surface area contributed by atoms with Gasteiger partial charge in [0.05, 0.1) is 0 Å². The summed E-state index contributed by atoms with van der Waals surface area (Å²) in [6.45, 7) is 0.442. The predicted molar refractivity (Wildman–Crippen MR) is 75.5 cm³/mol. The van der Waals surface area contributed by atoms with E-state index in [4.69, 9.17) is 16.3 Å². The van der Waals surface area contributed by atoms with Crippen molar-refractivity contribution in [3.8, 4) is 11.5 Å². The first kappa shape index (κ1) is 13.4. The Morgan fingerprint density at radius 2 is 1.79 bits per heavy atom. The second-order valence-electron chi connectivity index (χ2n) is 3.97. The van der Waals surface area contributed by atoms with Gasteiger partial charge < -0.3 is 10.1 Å². The molecule has 0 bridgehead atoms. The maximum atomic E-state index is 11.1. The fourth-order valence-corrected chi connectivity index (χ4v) is 1.69. The third-order valence-electron chi connectivity index (χ3n) is 2.49. The molecule has 0 aliphatic rings. The second-order valence-corrected chi connectivity index (χ2v) is 4.24. The van der Waals surface area contributed by atoms with Crippen LogP contribution in [0, 0.1) is 0 Å². The molecule has 0 unspecified atom stereocenters. The van der Waals surface area contributed by atoms with Gasteiger partial charge in [-0.2, -0.15) is 0 Å². The molecule has 1 N–H and O–H groups in total. The van der Waals surface area contributed by atoms with Crippen molar-refractivity contribution >= 4 is 17.5 Å². The number of benzene rings is 2. The van der Waals surface area contributed by atoms with E-state index in [1.54, 1.807) is 0 Å². The number of hydrogen-bond acceptors (Lipinski definition) is 2. The molecule has 4 heteroatoms. The SMILES string of the molecule is O=C(CCl)NCc1cccc(Oc2ccccc2)c1. The molecule has 2 aromatic rings. The number of halogens is 1. The van der Waals surface area contributed by atoms with Crippen LogP contribution in [0.2, 0.25) is 0 Å². The van der Waals surface area contributed by atoms with Crippen molar-refractivity contribution in [2.24, 2.45) is 0 Å². The lowest BCUT2D eigenvalue weighted by atomic mass is 10.2. The third kappa shape index (κ3) is 4.30. The standard InChI is InChI=1S/C15H14ClNO2/c16-10-15(18)17-11-12-5-4-8-14(9-12)19-13-6-2-1-3-7-13/h1-9H,10-11H2,(H,17,18).